The molecular weight excluding hydrogens is 278 g/mol. The van der Waals surface area contributed by atoms with Gasteiger partial charge in [0, 0.05) is 5.69 Å². The molecule has 0 spiro atoms. The van der Waals surface area contributed by atoms with Gasteiger partial charge in [0.1, 0.15) is 0 Å². The van der Waals surface area contributed by atoms with Crippen molar-refractivity contribution in [3.63, 3.8) is 0 Å². The monoisotopic (exact) mass is 295 g/mol. The minimum atomic E-state index is -0.0528. The zero-order chi connectivity index (χ0) is 12.1. The molecule has 1 aliphatic carbocycles. The van der Waals surface area contributed by atoms with Crippen molar-refractivity contribution in [1.82, 2.24) is 0 Å². The molecule has 92 valence electrons. The van der Waals surface area contributed by atoms with Crippen LogP contribution in [0.4, 0.5) is 5.69 Å². The molecule has 0 bridgehead atoms. The molecule has 1 fully saturated rings. The molecule has 0 heterocycles. The van der Waals surface area contributed by atoms with Crippen LogP contribution < -0.4 is 5.32 Å². The zero-order valence-electron chi connectivity index (χ0n) is 9.86. The highest BCUT2D eigenvalue weighted by Gasteiger charge is 2.26. The van der Waals surface area contributed by atoms with E-state index in [0.29, 0.717) is 5.92 Å². The average molecular weight is 296 g/mol. The van der Waals surface area contributed by atoms with Crippen molar-refractivity contribution in [1.29, 1.82) is 0 Å². The summed E-state index contributed by atoms with van der Waals surface area (Å²) in [5.41, 5.74) is 0.873. The van der Waals surface area contributed by atoms with Gasteiger partial charge in [0.25, 0.3) is 0 Å². The van der Waals surface area contributed by atoms with Gasteiger partial charge in [-0.05, 0) is 30.9 Å². The molecule has 1 N–H and O–H groups in total. The van der Waals surface area contributed by atoms with E-state index in [0.717, 1.165) is 18.5 Å². The van der Waals surface area contributed by atoms with Crippen molar-refractivity contribution < 1.29 is 4.79 Å². The van der Waals surface area contributed by atoms with Gasteiger partial charge in [-0.1, -0.05) is 53.4 Å². The first-order chi connectivity index (χ1) is 8.27. The maximum atomic E-state index is 12.1. The van der Waals surface area contributed by atoms with Crippen LogP contribution in [0.25, 0.3) is 0 Å². The summed E-state index contributed by atoms with van der Waals surface area (Å²) in [4.78, 5) is 12.0. The van der Waals surface area contributed by atoms with Crippen LogP contribution in [0.3, 0.4) is 0 Å². The minimum Gasteiger partial charge on any atom is -0.325 e. The number of carbonyl (C=O) groups excluding carboxylic acids is 1. The topological polar surface area (TPSA) is 29.1 Å². The highest BCUT2D eigenvalue weighted by atomic mass is 79.9. The van der Waals surface area contributed by atoms with Crippen molar-refractivity contribution in [2.75, 3.05) is 5.32 Å². The molecule has 17 heavy (non-hydrogen) atoms. The van der Waals surface area contributed by atoms with Crippen molar-refractivity contribution in [3.05, 3.63) is 30.3 Å². The van der Waals surface area contributed by atoms with Gasteiger partial charge in [-0.25, -0.2) is 0 Å². The predicted octanol–water partition coefficient (Wildman–Crippen LogP) is 3.97. The maximum Gasteiger partial charge on any atom is 0.238 e. The predicted molar refractivity (Wildman–Crippen MR) is 74.4 cm³/mol. The molecule has 1 aromatic rings. The molecule has 1 saturated carbocycles. The molecule has 2 nitrogen and oxygen atoms in total. The van der Waals surface area contributed by atoms with Crippen molar-refractivity contribution >= 4 is 27.5 Å². The second-order valence-electron chi connectivity index (χ2n) is 4.66. The Hall–Kier alpha value is -0.830. The smallest absolute Gasteiger partial charge is 0.238 e. The lowest BCUT2D eigenvalue weighted by molar-refractivity contribution is -0.116. The van der Waals surface area contributed by atoms with Crippen LogP contribution in [0.5, 0.6) is 0 Å². The van der Waals surface area contributed by atoms with E-state index >= 15 is 0 Å². The molecule has 0 saturated heterocycles. The summed E-state index contributed by atoms with van der Waals surface area (Å²) >= 11 is 3.55. The van der Waals surface area contributed by atoms with Crippen LogP contribution in [0.2, 0.25) is 0 Å². The number of carbonyl (C=O) groups is 1. The first-order valence-corrected chi connectivity index (χ1v) is 7.19. The fourth-order valence-electron chi connectivity index (χ4n) is 2.37. The molecule has 1 aliphatic rings. The summed E-state index contributed by atoms with van der Waals surface area (Å²) in [5.74, 6) is 0.579. The van der Waals surface area contributed by atoms with Crippen LogP contribution in [0.1, 0.15) is 32.1 Å². The lowest BCUT2D eigenvalue weighted by Gasteiger charge is -2.25. The molecule has 0 aliphatic heterocycles. The number of rotatable bonds is 3. The lowest BCUT2D eigenvalue weighted by Crippen LogP contribution is -2.31. The summed E-state index contributed by atoms with van der Waals surface area (Å²) in [5, 5.41) is 2.95. The molecule has 2 rings (SSSR count). The molecule has 1 aromatic carbocycles. The van der Waals surface area contributed by atoms with Crippen LogP contribution in [-0.2, 0) is 4.79 Å². The van der Waals surface area contributed by atoms with Gasteiger partial charge in [0.15, 0.2) is 0 Å². The number of alkyl halides is 1. The van der Waals surface area contributed by atoms with Gasteiger partial charge < -0.3 is 5.32 Å². The first-order valence-electron chi connectivity index (χ1n) is 6.27. The zero-order valence-corrected chi connectivity index (χ0v) is 11.4. The van der Waals surface area contributed by atoms with Crippen LogP contribution in [-0.4, -0.2) is 10.7 Å². The van der Waals surface area contributed by atoms with Crippen molar-refractivity contribution in [3.8, 4) is 0 Å². The van der Waals surface area contributed by atoms with Crippen molar-refractivity contribution in [2.24, 2.45) is 5.92 Å². The third kappa shape index (κ3) is 3.56. The summed E-state index contributed by atoms with van der Waals surface area (Å²) in [6, 6.07) is 9.64. The number of amides is 1. The van der Waals surface area contributed by atoms with Gasteiger partial charge in [0.2, 0.25) is 5.91 Å². The highest BCUT2D eigenvalue weighted by molar-refractivity contribution is 9.10. The van der Waals surface area contributed by atoms with E-state index in [9.17, 15) is 4.79 Å². The van der Waals surface area contributed by atoms with E-state index < -0.39 is 0 Å². The van der Waals surface area contributed by atoms with E-state index in [4.69, 9.17) is 0 Å². The molecular formula is C14H18BrNO. The van der Waals surface area contributed by atoms with E-state index in [1.165, 1.54) is 19.3 Å². The summed E-state index contributed by atoms with van der Waals surface area (Å²) < 4.78 is 0. The Labute approximate surface area is 111 Å². The Balaban J connectivity index is 1.90. The fraction of sp³-hybridized carbons (Fsp3) is 0.500. The number of halogens is 1. The Kier molecular flexibility index (Phi) is 4.60. The number of nitrogens with one attached hydrogen (secondary N) is 1. The third-order valence-electron chi connectivity index (χ3n) is 3.36. The largest absolute Gasteiger partial charge is 0.325 e. The van der Waals surface area contributed by atoms with Gasteiger partial charge in [0.05, 0.1) is 4.83 Å². The SMILES string of the molecule is O=C(Nc1ccccc1)C(Br)C1CCCCC1. The Bertz CT molecular complexity index is 360. The van der Waals surface area contributed by atoms with Crippen LogP contribution in [0, 0.1) is 5.92 Å². The third-order valence-corrected chi connectivity index (χ3v) is 4.52. The first kappa shape index (κ1) is 12.6. The van der Waals surface area contributed by atoms with Gasteiger partial charge >= 0.3 is 0 Å². The Morgan fingerprint density at radius 2 is 1.82 bits per heavy atom. The standard InChI is InChI=1S/C14H18BrNO/c15-13(11-7-3-1-4-8-11)14(17)16-12-9-5-2-6-10-12/h2,5-6,9-11,13H,1,3-4,7-8H2,(H,16,17). The maximum absolute atomic E-state index is 12.1. The lowest BCUT2D eigenvalue weighted by atomic mass is 9.86. The summed E-state index contributed by atoms with van der Waals surface area (Å²) in [7, 11) is 0. The van der Waals surface area contributed by atoms with Gasteiger partial charge in [-0.2, -0.15) is 0 Å². The minimum absolute atomic E-state index is 0.0528. The molecule has 1 atom stereocenters. The number of para-hydroxylation sites is 1. The van der Waals surface area contributed by atoms with Crippen LogP contribution in [0.15, 0.2) is 30.3 Å². The van der Waals surface area contributed by atoms with E-state index in [1.807, 2.05) is 30.3 Å². The fourth-order valence-corrected chi connectivity index (χ4v) is 3.02. The molecule has 1 unspecified atom stereocenters. The highest BCUT2D eigenvalue weighted by Crippen LogP contribution is 2.30. The molecule has 1 amide bonds. The number of benzene rings is 1. The number of hydrogen-bond acceptors (Lipinski definition) is 1. The van der Waals surface area contributed by atoms with Crippen molar-refractivity contribution in [2.45, 2.75) is 36.9 Å². The quantitative estimate of drug-likeness (QED) is 0.840. The van der Waals surface area contributed by atoms with E-state index in [-0.39, 0.29) is 10.7 Å². The number of hydrogen-bond donors (Lipinski definition) is 1. The normalized spacial score (nSPS) is 18.6. The second-order valence-corrected chi connectivity index (χ2v) is 5.64. The molecule has 3 heteroatoms. The average Bonchev–Trinajstić information content (AvgIpc) is 2.40. The van der Waals surface area contributed by atoms with Crippen LogP contribution >= 0.6 is 15.9 Å². The Morgan fingerprint density at radius 1 is 1.18 bits per heavy atom. The number of anilines is 1. The molecule has 0 radical (unpaired) electrons. The summed E-state index contributed by atoms with van der Waals surface area (Å²) in [6.45, 7) is 0. The second kappa shape index (κ2) is 6.20. The van der Waals surface area contributed by atoms with Gasteiger partial charge in [-0.3, -0.25) is 4.79 Å². The summed E-state index contributed by atoms with van der Waals surface area (Å²) in [6.07, 6.45) is 6.16. The van der Waals surface area contributed by atoms with E-state index in [1.54, 1.807) is 0 Å². The van der Waals surface area contributed by atoms with Gasteiger partial charge in [-0.15, -0.1) is 0 Å². The molecule has 0 aromatic heterocycles. The van der Waals surface area contributed by atoms with E-state index in [2.05, 4.69) is 21.2 Å². The Morgan fingerprint density at radius 3 is 2.47 bits per heavy atom.